The van der Waals surface area contributed by atoms with Crippen molar-refractivity contribution in [3.8, 4) is 0 Å². The Kier molecular flexibility index (Phi) is 5.97. The summed E-state index contributed by atoms with van der Waals surface area (Å²) in [6.07, 6.45) is 2.12. The Morgan fingerprint density at radius 1 is 1.17 bits per heavy atom. The van der Waals surface area contributed by atoms with Gasteiger partial charge >= 0.3 is 0 Å². The second-order valence-corrected chi connectivity index (χ2v) is 9.28. The molecule has 1 unspecified atom stereocenters. The van der Waals surface area contributed by atoms with E-state index in [1.807, 2.05) is 0 Å². The first-order valence-electron chi connectivity index (χ1n) is 10.3. The van der Waals surface area contributed by atoms with Crippen LogP contribution in [0.15, 0.2) is 12.1 Å². The number of fused-ring (bicyclic) bond motifs is 1. The van der Waals surface area contributed by atoms with Crippen molar-refractivity contribution in [1.29, 1.82) is 0 Å². The predicted octanol–water partition coefficient (Wildman–Crippen LogP) is 3.10. The highest BCUT2D eigenvalue weighted by molar-refractivity contribution is 6.23. The summed E-state index contributed by atoms with van der Waals surface area (Å²) in [7, 11) is 0. The zero-order valence-electron chi connectivity index (χ0n) is 17.8. The third-order valence-corrected chi connectivity index (χ3v) is 5.68. The van der Waals surface area contributed by atoms with Crippen LogP contribution in [0.2, 0.25) is 0 Å². The fourth-order valence-corrected chi connectivity index (χ4v) is 3.73. The highest BCUT2D eigenvalue weighted by Gasteiger charge is 2.45. The second-order valence-electron chi connectivity index (χ2n) is 9.28. The quantitative estimate of drug-likeness (QED) is 0.665. The maximum atomic E-state index is 14.7. The number of halogens is 1. The molecule has 2 aliphatic heterocycles. The van der Waals surface area contributed by atoms with E-state index in [0.29, 0.717) is 12.5 Å². The number of rotatable bonds is 7. The minimum absolute atomic E-state index is 0.0381. The molecule has 2 aliphatic rings. The highest BCUT2D eigenvalue weighted by atomic mass is 19.1. The lowest BCUT2D eigenvalue weighted by molar-refractivity contribution is -0.136. The van der Waals surface area contributed by atoms with Crippen molar-refractivity contribution in [2.45, 2.75) is 59.4 Å². The van der Waals surface area contributed by atoms with Gasteiger partial charge in [0.25, 0.3) is 11.8 Å². The Morgan fingerprint density at radius 2 is 1.80 bits per heavy atom. The number of benzene rings is 1. The molecule has 2 N–H and O–H groups in total. The second kappa shape index (κ2) is 8.16. The highest BCUT2D eigenvalue weighted by Crippen LogP contribution is 2.32. The minimum Gasteiger partial charge on any atom is -0.382 e. The first kappa shape index (κ1) is 21.9. The summed E-state index contributed by atoms with van der Waals surface area (Å²) in [4.78, 5) is 49.9. The van der Waals surface area contributed by atoms with Crippen LogP contribution in [0.5, 0.6) is 0 Å². The van der Waals surface area contributed by atoms with Crippen LogP contribution in [0.1, 0.15) is 74.1 Å². The molecule has 0 saturated carbocycles. The van der Waals surface area contributed by atoms with Gasteiger partial charge in [-0.3, -0.25) is 29.4 Å². The number of hydrogen-bond donors (Lipinski definition) is 2. The maximum Gasteiger partial charge on any atom is 0.262 e. The fraction of sp³-hybridized carbons (Fsp3) is 0.545. The standard InChI is InChI=1S/C22H28FN3O4/c1-12(2)7-8-22(3,4)11-24-16-10-14-13(9-15(16)23)20(29)26(21(14)30)17-5-6-18(27)25-19(17)28/h9-10,12,17,24H,5-8,11H2,1-4H3,(H,25,27,28). The van der Waals surface area contributed by atoms with Crippen LogP contribution in [-0.2, 0) is 9.59 Å². The number of carbonyl (C=O) groups excluding carboxylic acids is 4. The molecule has 7 nitrogen and oxygen atoms in total. The van der Waals surface area contributed by atoms with Gasteiger partial charge in [0.2, 0.25) is 11.8 Å². The van der Waals surface area contributed by atoms with Crippen molar-refractivity contribution in [3.63, 3.8) is 0 Å². The molecule has 30 heavy (non-hydrogen) atoms. The molecule has 162 valence electrons. The number of nitrogens with zero attached hydrogens (tertiary/aromatic N) is 1. The van der Waals surface area contributed by atoms with E-state index < -0.39 is 35.5 Å². The first-order valence-corrected chi connectivity index (χ1v) is 10.3. The topological polar surface area (TPSA) is 95.6 Å². The monoisotopic (exact) mass is 417 g/mol. The number of nitrogens with one attached hydrogen (secondary N) is 2. The molecule has 0 radical (unpaired) electrons. The smallest absolute Gasteiger partial charge is 0.262 e. The van der Waals surface area contributed by atoms with Gasteiger partial charge in [0.1, 0.15) is 11.9 Å². The van der Waals surface area contributed by atoms with Crippen molar-refractivity contribution in [3.05, 3.63) is 29.1 Å². The van der Waals surface area contributed by atoms with E-state index in [-0.39, 0.29) is 35.1 Å². The Hall–Kier alpha value is -2.77. The number of piperidine rings is 1. The summed E-state index contributed by atoms with van der Waals surface area (Å²) in [6, 6.07) is 1.32. The van der Waals surface area contributed by atoms with Crippen LogP contribution in [0.3, 0.4) is 0 Å². The molecule has 0 aromatic heterocycles. The van der Waals surface area contributed by atoms with Crippen molar-refractivity contribution in [2.24, 2.45) is 11.3 Å². The lowest BCUT2D eigenvalue weighted by Gasteiger charge is -2.27. The fourth-order valence-electron chi connectivity index (χ4n) is 3.73. The van der Waals surface area contributed by atoms with Gasteiger partial charge in [-0.1, -0.05) is 34.1 Å². The van der Waals surface area contributed by atoms with Gasteiger partial charge in [-0.15, -0.1) is 0 Å². The Balaban J connectivity index is 1.79. The van der Waals surface area contributed by atoms with Crippen LogP contribution in [-0.4, -0.2) is 41.1 Å². The lowest BCUT2D eigenvalue weighted by atomic mass is 9.85. The molecule has 4 amide bonds. The number of carbonyl (C=O) groups is 4. The van der Waals surface area contributed by atoms with E-state index in [1.165, 1.54) is 6.07 Å². The normalized spacial score (nSPS) is 19.4. The third-order valence-electron chi connectivity index (χ3n) is 5.68. The molecular formula is C22H28FN3O4. The van der Waals surface area contributed by atoms with Crippen LogP contribution < -0.4 is 10.6 Å². The van der Waals surface area contributed by atoms with Crippen LogP contribution >= 0.6 is 0 Å². The Labute approximate surface area is 175 Å². The molecule has 0 spiro atoms. The largest absolute Gasteiger partial charge is 0.382 e. The van der Waals surface area contributed by atoms with Gasteiger partial charge in [0.05, 0.1) is 16.8 Å². The number of imide groups is 2. The number of anilines is 1. The molecule has 1 aromatic carbocycles. The van der Waals surface area contributed by atoms with E-state index in [1.54, 1.807) is 0 Å². The molecular weight excluding hydrogens is 389 g/mol. The third kappa shape index (κ3) is 4.37. The predicted molar refractivity (Wildman–Crippen MR) is 109 cm³/mol. The first-order chi connectivity index (χ1) is 14.0. The lowest BCUT2D eigenvalue weighted by Crippen LogP contribution is -2.54. The molecule has 1 aromatic rings. The summed E-state index contributed by atoms with van der Waals surface area (Å²) in [6.45, 7) is 9.00. The Morgan fingerprint density at radius 3 is 2.40 bits per heavy atom. The molecule has 8 heteroatoms. The molecule has 1 atom stereocenters. The minimum atomic E-state index is -1.07. The summed E-state index contributed by atoms with van der Waals surface area (Å²) >= 11 is 0. The van der Waals surface area contributed by atoms with Gasteiger partial charge in [-0.2, -0.15) is 0 Å². The average molecular weight is 417 g/mol. The van der Waals surface area contributed by atoms with Gasteiger partial charge in [0.15, 0.2) is 0 Å². The van der Waals surface area contributed by atoms with Crippen LogP contribution in [0.25, 0.3) is 0 Å². The molecule has 1 saturated heterocycles. The van der Waals surface area contributed by atoms with Crippen molar-refractivity contribution >= 4 is 29.3 Å². The average Bonchev–Trinajstić information content (AvgIpc) is 2.89. The molecule has 3 rings (SSSR count). The zero-order chi connectivity index (χ0) is 22.2. The van der Waals surface area contributed by atoms with Crippen LogP contribution in [0.4, 0.5) is 10.1 Å². The van der Waals surface area contributed by atoms with Gasteiger partial charge in [-0.25, -0.2) is 4.39 Å². The molecule has 2 heterocycles. The summed E-state index contributed by atoms with van der Waals surface area (Å²) in [5.41, 5.74) is 0.0759. The van der Waals surface area contributed by atoms with E-state index in [0.717, 1.165) is 23.8 Å². The zero-order valence-corrected chi connectivity index (χ0v) is 17.8. The molecule has 0 bridgehead atoms. The van der Waals surface area contributed by atoms with Gasteiger partial charge in [0, 0.05) is 13.0 Å². The molecule has 0 aliphatic carbocycles. The van der Waals surface area contributed by atoms with Crippen molar-refractivity contribution < 1.29 is 23.6 Å². The van der Waals surface area contributed by atoms with Crippen molar-refractivity contribution in [2.75, 3.05) is 11.9 Å². The van der Waals surface area contributed by atoms with Crippen LogP contribution in [0, 0.1) is 17.2 Å². The maximum absolute atomic E-state index is 14.7. The van der Waals surface area contributed by atoms with Crippen molar-refractivity contribution in [1.82, 2.24) is 10.2 Å². The number of amides is 4. The summed E-state index contributed by atoms with van der Waals surface area (Å²) < 4.78 is 14.7. The number of hydrogen-bond acceptors (Lipinski definition) is 5. The Bertz CT molecular complexity index is 910. The van der Waals surface area contributed by atoms with E-state index in [4.69, 9.17) is 0 Å². The van der Waals surface area contributed by atoms with E-state index in [2.05, 4.69) is 38.3 Å². The van der Waals surface area contributed by atoms with E-state index in [9.17, 15) is 23.6 Å². The van der Waals surface area contributed by atoms with E-state index >= 15 is 0 Å². The summed E-state index contributed by atoms with van der Waals surface area (Å²) in [5.74, 6) is -2.54. The molecule has 1 fully saturated rings. The SMILES string of the molecule is CC(C)CCC(C)(C)CNc1cc2c(cc1F)C(=O)N(C1CCC(=O)NC1=O)C2=O. The van der Waals surface area contributed by atoms with Gasteiger partial charge in [-0.05, 0) is 36.3 Å². The summed E-state index contributed by atoms with van der Waals surface area (Å²) in [5, 5.41) is 5.21. The van der Waals surface area contributed by atoms with Gasteiger partial charge < -0.3 is 5.32 Å².